The van der Waals surface area contributed by atoms with Gasteiger partial charge < -0.3 is 15.0 Å². The smallest absolute Gasteiger partial charge is 0.241 e. The number of ether oxygens (including phenoxy) is 1. The van der Waals surface area contributed by atoms with Crippen LogP contribution in [0.3, 0.4) is 0 Å². The Morgan fingerprint density at radius 1 is 1.00 bits per heavy atom. The molecule has 0 bridgehead atoms. The van der Waals surface area contributed by atoms with Gasteiger partial charge in [0.05, 0.1) is 25.8 Å². The summed E-state index contributed by atoms with van der Waals surface area (Å²) in [6, 6.07) is 3.99. The van der Waals surface area contributed by atoms with Crippen molar-refractivity contribution in [1.29, 1.82) is 0 Å². The molecule has 2 saturated heterocycles. The lowest BCUT2D eigenvalue weighted by molar-refractivity contribution is -0.137. The van der Waals surface area contributed by atoms with E-state index in [4.69, 9.17) is 4.74 Å². The molecule has 7 heteroatoms. The molecule has 1 atom stereocenters. The highest BCUT2D eigenvalue weighted by Crippen LogP contribution is 2.22. The first-order chi connectivity index (χ1) is 13.8. The number of hydrogen-bond donors (Lipinski definition) is 1. The first-order valence-electron chi connectivity index (χ1n) is 10.6. The van der Waals surface area contributed by atoms with Gasteiger partial charge in [-0.3, -0.25) is 19.4 Å². The third kappa shape index (κ3) is 5.56. The molecule has 0 saturated carbocycles. The molecule has 3 rings (SSSR count). The SMILES string of the molecule is Cc1cc(C)c(NC(=O)[C@H](C)N2CCN(CC(=O)N3CCOCC3)CC2)c(C)c1. The second kappa shape index (κ2) is 9.69. The summed E-state index contributed by atoms with van der Waals surface area (Å²) in [6.07, 6.45) is 0. The first-order valence-corrected chi connectivity index (χ1v) is 10.6. The summed E-state index contributed by atoms with van der Waals surface area (Å²) in [5.41, 5.74) is 4.31. The van der Waals surface area contributed by atoms with Gasteiger partial charge in [-0.05, 0) is 38.8 Å². The van der Waals surface area contributed by atoms with E-state index in [1.54, 1.807) is 0 Å². The Balaban J connectivity index is 1.48. The molecule has 7 nitrogen and oxygen atoms in total. The summed E-state index contributed by atoms with van der Waals surface area (Å²) in [5.74, 6) is 0.204. The van der Waals surface area contributed by atoms with Crippen LogP contribution in [0.25, 0.3) is 0 Å². The number of aryl methyl sites for hydroxylation is 3. The van der Waals surface area contributed by atoms with Crippen LogP contribution >= 0.6 is 0 Å². The number of carbonyl (C=O) groups is 2. The van der Waals surface area contributed by atoms with Crippen molar-refractivity contribution in [2.45, 2.75) is 33.7 Å². The average Bonchev–Trinajstić information content (AvgIpc) is 2.71. The minimum absolute atomic E-state index is 0.0258. The van der Waals surface area contributed by atoms with Gasteiger partial charge in [-0.2, -0.15) is 0 Å². The average molecular weight is 403 g/mol. The van der Waals surface area contributed by atoms with Crippen LogP contribution in [0.4, 0.5) is 5.69 Å². The first kappa shape index (κ1) is 21.7. The molecule has 0 spiro atoms. The van der Waals surface area contributed by atoms with Crippen LogP contribution in [-0.2, 0) is 14.3 Å². The Labute approximate surface area is 174 Å². The van der Waals surface area contributed by atoms with Gasteiger partial charge in [0, 0.05) is 45.0 Å². The van der Waals surface area contributed by atoms with Crippen LogP contribution in [-0.4, -0.2) is 91.6 Å². The summed E-state index contributed by atoms with van der Waals surface area (Å²) in [5, 5.41) is 3.12. The van der Waals surface area contributed by atoms with Gasteiger partial charge in [0.15, 0.2) is 0 Å². The van der Waals surface area contributed by atoms with Crippen LogP contribution < -0.4 is 5.32 Å². The van der Waals surface area contributed by atoms with Crippen molar-refractivity contribution in [3.05, 3.63) is 28.8 Å². The predicted octanol–water partition coefficient (Wildman–Crippen LogP) is 1.42. The van der Waals surface area contributed by atoms with Gasteiger partial charge in [0.2, 0.25) is 11.8 Å². The van der Waals surface area contributed by atoms with E-state index in [0.29, 0.717) is 32.8 Å². The fraction of sp³-hybridized carbons (Fsp3) is 0.636. The number of benzene rings is 1. The highest BCUT2D eigenvalue weighted by atomic mass is 16.5. The van der Waals surface area contributed by atoms with E-state index in [0.717, 1.165) is 43.0 Å². The fourth-order valence-corrected chi connectivity index (χ4v) is 4.18. The van der Waals surface area contributed by atoms with Crippen LogP contribution in [0.5, 0.6) is 0 Å². The topological polar surface area (TPSA) is 65.1 Å². The van der Waals surface area contributed by atoms with E-state index in [1.807, 2.05) is 25.7 Å². The van der Waals surface area contributed by atoms with E-state index in [9.17, 15) is 9.59 Å². The Morgan fingerprint density at radius 2 is 1.59 bits per heavy atom. The van der Waals surface area contributed by atoms with E-state index in [-0.39, 0.29) is 17.9 Å². The van der Waals surface area contributed by atoms with Crippen molar-refractivity contribution in [2.75, 3.05) is 64.3 Å². The normalized spacial score (nSPS) is 19.8. The van der Waals surface area contributed by atoms with Crippen LogP contribution in [0, 0.1) is 20.8 Å². The molecular formula is C22H34N4O3. The molecule has 29 heavy (non-hydrogen) atoms. The largest absolute Gasteiger partial charge is 0.378 e. The highest BCUT2D eigenvalue weighted by molar-refractivity contribution is 5.96. The van der Waals surface area contributed by atoms with E-state index in [1.165, 1.54) is 5.56 Å². The molecule has 0 aliphatic carbocycles. The van der Waals surface area contributed by atoms with E-state index < -0.39 is 0 Å². The number of rotatable bonds is 5. The quantitative estimate of drug-likeness (QED) is 0.807. The summed E-state index contributed by atoms with van der Waals surface area (Å²) in [7, 11) is 0. The molecule has 1 aromatic rings. The Kier molecular flexibility index (Phi) is 7.27. The van der Waals surface area contributed by atoms with Crippen LogP contribution in [0.1, 0.15) is 23.6 Å². The van der Waals surface area contributed by atoms with Gasteiger partial charge in [-0.1, -0.05) is 17.7 Å². The highest BCUT2D eigenvalue weighted by Gasteiger charge is 2.28. The molecule has 2 amide bonds. The number of nitrogens with one attached hydrogen (secondary N) is 1. The lowest BCUT2D eigenvalue weighted by Crippen LogP contribution is -2.55. The van der Waals surface area contributed by atoms with Crippen LogP contribution in [0.15, 0.2) is 12.1 Å². The monoisotopic (exact) mass is 402 g/mol. The Bertz CT molecular complexity index is 715. The van der Waals surface area contributed by atoms with Crippen molar-refractivity contribution >= 4 is 17.5 Å². The Hall–Kier alpha value is -1.96. The molecule has 1 aromatic carbocycles. The van der Waals surface area contributed by atoms with E-state index >= 15 is 0 Å². The van der Waals surface area contributed by atoms with Gasteiger partial charge in [0.25, 0.3) is 0 Å². The van der Waals surface area contributed by atoms with Crippen molar-refractivity contribution in [1.82, 2.24) is 14.7 Å². The third-order valence-electron chi connectivity index (χ3n) is 5.98. The van der Waals surface area contributed by atoms with Crippen molar-refractivity contribution in [3.63, 3.8) is 0 Å². The summed E-state index contributed by atoms with van der Waals surface area (Å²) in [4.78, 5) is 31.5. The van der Waals surface area contributed by atoms with Gasteiger partial charge in [-0.15, -0.1) is 0 Å². The fourth-order valence-electron chi connectivity index (χ4n) is 4.18. The third-order valence-corrected chi connectivity index (χ3v) is 5.98. The molecule has 1 N–H and O–H groups in total. The molecule has 2 heterocycles. The number of nitrogens with zero attached hydrogens (tertiary/aromatic N) is 3. The summed E-state index contributed by atoms with van der Waals surface area (Å²) >= 11 is 0. The molecule has 0 radical (unpaired) electrons. The van der Waals surface area contributed by atoms with Crippen molar-refractivity contribution in [3.8, 4) is 0 Å². The number of morpholine rings is 1. The molecule has 160 valence electrons. The molecule has 2 aliphatic rings. The molecule has 2 aliphatic heterocycles. The second-order valence-electron chi connectivity index (χ2n) is 8.24. The number of carbonyl (C=O) groups excluding carboxylic acids is 2. The molecule has 0 aromatic heterocycles. The number of piperazine rings is 1. The minimum atomic E-state index is -0.202. The zero-order valence-electron chi connectivity index (χ0n) is 18.2. The lowest BCUT2D eigenvalue weighted by atomic mass is 10.0. The second-order valence-corrected chi connectivity index (χ2v) is 8.24. The van der Waals surface area contributed by atoms with E-state index in [2.05, 4.69) is 34.2 Å². The molecule has 0 unspecified atom stereocenters. The van der Waals surface area contributed by atoms with Gasteiger partial charge in [0.1, 0.15) is 0 Å². The number of amides is 2. The molecule has 2 fully saturated rings. The minimum Gasteiger partial charge on any atom is -0.378 e. The Morgan fingerprint density at radius 3 is 2.17 bits per heavy atom. The molecular weight excluding hydrogens is 368 g/mol. The van der Waals surface area contributed by atoms with Gasteiger partial charge in [-0.25, -0.2) is 0 Å². The maximum absolute atomic E-state index is 12.8. The maximum Gasteiger partial charge on any atom is 0.241 e. The predicted molar refractivity (Wildman–Crippen MR) is 114 cm³/mol. The zero-order chi connectivity index (χ0) is 21.0. The standard InChI is InChI=1S/C22H34N4O3/c1-16-13-17(2)21(18(3)14-16)23-22(28)19(4)25-7-5-24(6-8-25)15-20(27)26-9-11-29-12-10-26/h13-14,19H,5-12,15H2,1-4H3,(H,23,28)/t19-/m0/s1. The van der Waals surface area contributed by atoms with Crippen molar-refractivity contribution in [2.24, 2.45) is 0 Å². The summed E-state index contributed by atoms with van der Waals surface area (Å²) < 4.78 is 5.31. The number of anilines is 1. The lowest BCUT2D eigenvalue weighted by Gasteiger charge is -2.38. The number of hydrogen-bond acceptors (Lipinski definition) is 5. The van der Waals surface area contributed by atoms with Crippen molar-refractivity contribution < 1.29 is 14.3 Å². The van der Waals surface area contributed by atoms with Crippen LogP contribution in [0.2, 0.25) is 0 Å². The zero-order valence-corrected chi connectivity index (χ0v) is 18.2. The summed E-state index contributed by atoms with van der Waals surface area (Å²) in [6.45, 7) is 14.4. The van der Waals surface area contributed by atoms with Gasteiger partial charge >= 0.3 is 0 Å². The maximum atomic E-state index is 12.8.